The van der Waals surface area contributed by atoms with E-state index in [2.05, 4.69) is 10.1 Å². The van der Waals surface area contributed by atoms with Gasteiger partial charge in [0.1, 0.15) is 10.9 Å². The summed E-state index contributed by atoms with van der Waals surface area (Å²) in [6, 6.07) is 2.59. The molecular formula is C14H19NO5S. The number of nitrogens with one attached hydrogen (secondary N) is 1. The molecule has 1 aromatic heterocycles. The molecule has 116 valence electrons. The van der Waals surface area contributed by atoms with Crippen molar-refractivity contribution in [1.29, 1.82) is 0 Å². The van der Waals surface area contributed by atoms with Crippen molar-refractivity contribution in [2.75, 3.05) is 13.7 Å². The SMILES string of the molecule is CC[C@@H](C)[C@H](NC(=O)COC(=O)c1cccs1)C(=O)OC. The Hall–Kier alpha value is -1.89. The summed E-state index contributed by atoms with van der Waals surface area (Å²) in [5.74, 6) is -1.68. The van der Waals surface area contributed by atoms with Crippen LogP contribution in [0, 0.1) is 5.92 Å². The largest absolute Gasteiger partial charge is 0.467 e. The molecule has 0 aromatic carbocycles. The average molecular weight is 313 g/mol. The van der Waals surface area contributed by atoms with Crippen molar-refractivity contribution < 1.29 is 23.9 Å². The van der Waals surface area contributed by atoms with Crippen LogP contribution in [0.1, 0.15) is 29.9 Å². The number of rotatable bonds is 7. The van der Waals surface area contributed by atoms with E-state index in [1.165, 1.54) is 18.4 Å². The first kappa shape index (κ1) is 17.2. The molecule has 2 atom stereocenters. The van der Waals surface area contributed by atoms with Gasteiger partial charge in [0.25, 0.3) is 5.91 Å². The molecule has 1 amide bonds. The first-order chi connectivity index (χ1) is 9.99. The van der Waals surface area contributed by atoms with Crippen LogP contribution in [0.5, 0.6) is 0 Å². The number of carbonyl (C=O) groups excluding carboxylic acids is 3. The highest BCUT2D eigenvalue weighted by atomic mass is 32.1. The minimum Gasteiger partial charge on any atom is -0.467 e. The van der Waals surface area contributed by atoms with E-state index in [0.717, 1.165) is 0 Å². The molecule has 1 aromatic rings. The molecule has 0 unspecified atom stereocenters. The molecule has 0 spiro atoms. The van der Waals surface area contributed by atoms with Crippen molar-refractivity contribution >= 4 is 29.2 Å². The predicted molar refractivity (Wildman–Crippen MR) is 78.0 cm³/mol. The standard InChI is InChI=1S/C14H19NO5S/c1-4-9(2)12(14(18)19-3)15-11(16)8-20-13(17)10-6-5-7-21-10/h5-7,9,12H,4,8H2,1-3H3,(H,15,16)/t9-,12+/m1/s1. The monoisotopic (exact) mass is 313 g/mol. The summed E-state index contributed by atoms with van der Waals surface area (Å²) in [7, 11) is 1.26. The summed E-state index contributed by atoms with van der Waals surface area (Å²) < 4.78 is 9.54. The molecule has 7 heteroatoms. The zero-order valence-corrected chi connectivity index (χ0v) is 13.1. The maximum atomic E-state index is 11.8. The maximum absolute atomic E-state index is 11.8. The van der Waals surface area contributed by atoms with Crippen LogP contribution in [0.25, 0.3) is 0 Å². The lowest BCUT2D eigenvalue weighted by Gasteiger charge is -2.21. The summed E-state index contributed by atoms with van der Waals surface area (Å²) in [5, 5.41) is 4.27. The van der Waals surface area contributed by atoms with Crippen LogP contribution in [0.2, 0.25) is 0 Å². The first-order valence-corrected chi connectivity index (χ1v) is 7.45. The number of methoxy groups -OCH3 is 1. The minimum absolute atomic E-state index is 0.0746. The number of ether oxygens (including phenoxy) is 2. The van der Waals surface area contributed by atoms with Crippen LogP contribution >= 0.6 is 11.3 Å². The second-order valence-corrected chi connectivity index (χ2v) is 5.46. The third-order valence-electron chi connectivity index (χ3n) is 3.04. The Morgan fingerprint density at radius 3 is 2.62 bits per heavy atom. The molecule has 0 saturated heterocycles. The quantitative estimate of drug-likeness (QED) is 0.773. The van der Waals surface area contributed by atoms with E-state index in [1.54, 1.807) is 17.5 Å². The highest BCUT2D eigenvalue weighted by Crippen LogP contribution is 2.11. The van der Waals surface area contributed by atoms with E-state index in [9.17, 15) is 14.4 Å². The number of amides is 1. The van der Waals surface area contributed by atoms with Gasteiger partial charge in [-0.2, -0.15) is 0 Å². The van der Waals surface area contributed by atoms with Crippen molar-refractivity contribution in [3.63, 3.8) is 0 Å². The van der Waals surface area contributed by atoms with E-state index in [1.807, 2.05) is 13.8 Å². The Morgan fingerprint density at radius 2 is 2.10 bits per heavy atom. The lowest BCUT2D eigenvalue weighted by atomic mass is 9.99. The molecule has 0 aliphatic rings. The van der Waals surface area contributed by atoms with Gasteiger partial charge in [-0.1, -0.05) is 26.3 Å². The summed E-state index contributed by atoms with van der Waals surface area (Å²) in [6.07, 6.45) is 0.703. The fraction of sp³-hybridized carbons (Fsp3) is 0.500. The van der Waals surface area contributed by atoms with Gasteiger partial charge in [0.2, 0.25) is 0 Å². The molecule has 21 heavy (non-hydrogen) atoms. The van der Waals surface area contributed by atoms with E-state index >= 15 is 0 Å². The third-order valence-corrected chi connectivity index (χ3v) is 3.89. The fourth-order valence-corrected chi connectivity index (χ4v) is 2.22. The van der Waals surface area contributed by atoms with Gasteiger partial charge in [-0.3, -0.25) is 4.79 Å². The van der Waals surface area contributed by atoms with Crippen molar-refractivity contribution in [3.8, 4) is 0 Å². The van der Waals surface area contributed by atoms with Gasteiger partial charge < -0.3 is 14.8 Å². The van der Waals surface area contributed by atoms with Crippen LogP contribution in [-0.2, 0) is 19.1 Å². The maximum Gasteiger partial charge on any atom is 0.348 e. The van der Waals surface area contributed by atoms with Crippen molar-refractivity contribution in [2.24, 2.45) is 5.92 Å². The Labute approximate surface area is 127 Å². The number of carbonyl (C=O) groups is 3. The van der Waals surface area contributed by atoms with Gasteiger partial charge in [-0.15, -0.1) is 11.3 Å². The second-order valence-electron chi connectivity index (χ2n) is 4.51. The second kappa shape index (κ2) is 8.41. The molecule has 1 N–H and O–H groups in total. The highest BCUT2D eigenvalue weighted by Gasteiger charge is 2.27. The van der Waals surface area contributed by atoms with E-state index in [0.29, 0.717) is 11.3 Å². The van der Waals surface area contributed by atoms with Gasteiger partial charge in [-0.05, 0) is 17.4 Å². The van der Waals surface area contributed by atoms with E-state index in [4.69, 9.17) is 4.74 Å². The van der Waals surface area contributed by atoms with Gasteiger partial charge >= 0.3 is 11.9 Å². The zero-order chi connectivity index (χ0) is 15.8. The smallest absolute Gasteiger partial charge is 0.348 e. The van der Waals surface area contributed by atoms with Crippen molar-refractivity contribution in [1.82, 2.24) is 5.32 Å². The Kier molecular flexibility index (Phi) is 6.87. The molecule has 0 aliphatic heterocycles. The minimum atomic E-state index is -0.743. The van der Waals surface area contributed by atoms with E-state index in [-0.39, 0.29) is 5.92 Å². The van der Waals surface area contributed by atoms with Crippen LogP contribution in [0.3, 0.4) is 0 Å². The van der Waals surface area contributed by atoms with Crippen LogP contribution in [-0.4, -0.2) is 37.6 Å². The normalized spacial score (nSPS) is 13.1. The van der Waals surface area contributed by atoms with Crippen LogP contribution in [0.15, 0.2) is 17.5 Å². The first-order valence-electron chi connectivity index (χ1n) is 6.57. The predicted octanol–water partition coefficient (Wildman–Crippen LogP) is 1.61. The Balaban J connectivity index is 2.50. The van der Waals surface area contributed by atoms with Crippen molar-refractivity contribution in [2.45, 2.75) is 26.3 Å². The highest BCUT2D eigenvalue weighted by molar-refractivity contribution is 7.11. The van der Waals surface area contributed by atoms with Crippen LogP contribution in [0.4, 0.5) is 0 Å². The van der Waals surface area contributed by atoms with Gasteiger partial charge in [0, 0.05) is 0 Å². The summed E-state index contributed by atoms with van der Waals surface area (Å²) in [4.78, 5) is 35.4. The zero-order valence-electron chi connectivity index (χ0n) is 12.3. The summed E-state index contributed by atoms with van der Waals surface area (Å²) in [5.41, 5.74) is 0. The molecule has 0 bridgehead atoms. The third kappa shape index (κ3) is 5.18. The molecule has 1 rings (SSSR count). The fourth-order valence-electron chi connectivity index (χ4n) is 1.61. The van der Waals surface area contributed by atoms with Crippen LogP contribution < -0.4 is 5.32 Å². The topological polar surface area (TPSA) is 81.7 Å². The molecule has 0 aliphatic carbocycles. The number of hydrogen-bond acceptors (Lipinski definition) is 6. The van der Waals surface area contributed by atoms with Crippen molar-refractivity contribution in [3.05, 3.63) is 22.4 Å². The molecular weight excluding hydrogens is 294 g/mol. The Morgan fingerprint density at radius 1 is 1.38 bits per heavy atom. The lowest BCUT2D eigenvalue weighted by molar-refractivity contribution is -0.147. The molecule has 0 radical (unpaired) electrons. The number of hydrogen-bond donors (Lipinski definition) is 1. The summed E-state index contributed by atoms with van der Waals surface area (Å²) >= 11 is 1.23. The number of esters is 2. The van der Waals surface area contributed by atoms with Gasteiger partial charge in [0.15, 0.2) is 6.61 Å². The summed E-state index contributed by atoms with van der Waals surface area (Å²) in [6.45, 7) is 3.31. The van der Waals surface area contributed by atoms with Gasteiger partial charge in [0.05, 0.1) is 7.11 Å². The molecule has 1 heterocycles. The lowest BCUT2D eigenvalue weighted by Crippen LogP contribution is -2.47. The Bertz CT molecular complexity index is 486. The number of thiophene rings is 1. The molecule has 0 saturated carbocycles. The molecule has 0 fully saturated rings. The average Bonchev–Trinajstić information content (AvgIpc) is 3.03. The molecule has 6 nitrogen and oxygen atoms in total. The van der Waals surface area contributed by atoms with Gasteiger partial charge in [-0.25, -0.2) is 9.59 Å². The van der Waals surface area contributed by atoms with E-state index < -0.39 is 30.5 Å².